The molecule has 0 aliphatic carbocycles. The van der Waals surface area contributed by atoms with Crippen LogP contribution in [-0.2, 0) is 11.3 Å². The third-order valence-corrected chi connectivity index (χ3v) is 3.67. The van der Waals surface area contributed by atoms with Crippen molar-refractivity contribution in [2.45, 2.75) is 13.2 Å². The number of aromatic nitrogens is 2. The maximum atomic E-state index is 12.4. The molecule has 0 saturated carbocycles. The number of nitrogens with one attached hydrogen (secondary N) is 1. The predicted octanol–water partition coefficient (Wildman–Crippen LogP) is 3.80. The molecule has 1 heterocycles. The molecule has 0 radical (unpaired) electrons. The molecule has 1 amide bonds. The third kappa shape index (κ3) is 5.24. The van der Waals surface area contributed by atoms with Crippen LogP contribution in [0.2, 0.25) is 0 Å². The van der Waals surface area contributed by atoms with E-state index in [1.165, 1.54) is 18.2 Å². The van der Waals surface area contributed by atoms with Gasteiger partial charge in [-0.05, 0) is 24.3 Å². The first-order valence-electron chi connectivity index (χ1n) is 8.20. The molecule has 138 valence electrons. The summed E-state index contributed by atoms with van der Waals surface area (Å²) in [6.07, 6.45) is 6.20. The van der Waals surface area contributed by atoms with Gasteiger partial charge in [-0.1, -0.05) is 36.4 Å². The topological polar surface area (TPSA) is 56.1 Å². The highest BCUT2D eigenvalue weighted by Crippen LogP contribution is 2.21. The molecule has 0 aliphatic rings. The Balaban J connectivity index is 1.58. The summed E-state index contributed by atoms with van der Waals surface area (Å²) >= 11 is 0. The Morgan fingerprint density at radius 1 is 1.15 bits per heavy atom. The molecule has 5 nitrogen and oxygen atoms in total. The number of hydrogen-bond acceptors (Lipinski definition) is 3. The fourth-order valence-electron chi connectivity index (χ4n) is 2.41. The molecule has 0 atom stereocenters. The van der Waals surface area contributed by atoms with E-state index >= 15 is 0 Å². The van der Waals surface area contributed by atoms with E-state index in [-0.39, 0.29) is 11.7 Å². The van der Waals surface area contributed by atoms with E-state index in [1.54, 1.807) is 29.1 Å². The van der Waals surface area contributed by atoms with Gasteiger partial charge in [-0.2, -0.15) is 13.9 Å². The second-order valence-electron chi connectivity index (χ2n) is 5.60. The Labute approximate surface area is 154 Å². The number of halogens is 2. The highest BCUT2D eigenvalue weighted by molar-refractivity contribution is 5.92. The minimum absolute atomic E-state index is 0.0145. The van der Waals surface area contributed by atoms with E-state index in [0.717, 1.165) is 11.3 Å². The van der Waals surface area contributed by atoms with Crippen molar-refractivity contribution in [2.24, 2.45) is 0 Å². The van der Waals surface area contributed by atoms with Crippen LogP contribution >= 0.6 is 0 Å². The lowest BCUT2D eigenvalue weighted by Crippen LogP contribution is -2.19. The number of alkyl halides is 2. The van der Waals surface area contributed by atoms with Crippen LogP contribution in [0.4, 0.5) is 8.78 Å². The van der Waals surface area contributed by atoms with E-state index in [9.17, 15) is 13.6 Å². The van der Waals surface area contributed by atoms with Gasteiger partial charge in [0.25, 0.3) is 0 Å². The minimum Gasteiger partial charge on any atom is -0.434 e. The van der Waals surface area contributed by atoms with Crippen LogP contribution in [0.3, 0.4) is 0 Å². The van der Waals surface area contributed by atoms with E-state index in [0.29, 0.717) is 12.1 Å². The number of ether oxygens (including phenoxy) is 1. The zero-order valence-corrected chi connectivity index (χ0v) is 14.3. The number of rotatable bonds is 7. The summed E-state index contributed by atoms with van der Waals surface area (Å²) < 4.78 is 30.9. The van der Waals surface area contributed by atoms with Gasteiger partial charge in [0.05, 0.1) is 11.9 Å². The van der Waals surface area contributed by atoms with Crippen LogP contribution in [-0.4, -0.2) is 22.3 Å². The number of amides is 1. The minimum atomic E-state index is -2.92. The van der Waals surface area contributed by atoms with Gasteiger partial charge in [0.2, 0.25) is 5.91 Å². The summed E-state index contributed by atoms with van der Waals surface area (Å²) in [5, 5.41) is 6.98. The summed E-state index contributed by atoms with van der Waals surface area (Å²) in [4.78, 5) is 12.0. The Bertz CT molecular complexity index is 924. The fraction of sp³-hybridized carbons (Fsp3) is 0.100. The Morgan fingerprint density at radius 2 is 1.89 bits per heavy atom. The first-order valence-corrected chi connectivity index (χ1v) is 8.20. The molecule has 1 aromatic heterocycles. The van der Waals surface area contributed by atoms with E-state index in [1.807, 2.05) is 36.5 Å². The molecule has 1 N–H and O–H groups in total. The molecule has 27 heavy (non-hydrogen) atoms. The molecule has 3 rings (SSSR count). The van der Waals surface area contributed by atoms with Crippen LogP contribution < -0.4 is 10.1 Å². The quantitative estimate of drug-likeness (QED) is 0.645. The summed E-state index contributed by atoms with van der Waals surface area (Å²) in [5.74, 6) is -0.338. The van der Waals surface area contributed by atoms with Crippen LogP contribution in [0.15, 0.2) is 73.1 Å². The molecule has 3 aromatic rings. The van der Waals surface area contributed by atoms with Crippen molar-refractivity contribution in [3.05, 3.63) is 84.2 Å². The van der Waals surface area contributed by atoms with Crippen molar-refractivity contribution in [3.8, 4) is 11.4 Å². The number of benzene rings is 2. The molecule has 0 aliphatic heterocycles. The van der Waals surface area contributed by atoms with E-state index < -0.39 is 6.61 Å². The van der Waals surface area contributed by atoms with Crippen LogP contribution in [0.5, 0.6) is 5.75 Å². The maximum absolute atomic E-state index is 12.4. The average molecular weight is 369 g/mol. The van der Waals surface area contributed by atoms with Crippen molar-refractivity contribution < 1.29 is 18.3 Å². The second kappa shape index (κ2) is 8.75. The monoisotopic (exact) mass is 369 g/mol. The lowest BCUT2D eigenvalue weighted by Gasteiger charge is -2.07. The van der Waals surface area contributed by atoms with Gasteiger partial charge >= 0.3 is 6.61 Å². The first-order chi connectivity index (χ1) is 13.1. The summed E-state index contributed by atoms with van der Waals surface area (Å²) in [6.45, 7) is -2.62. The molecule has 0 unspecified atom stereocenters. The van der Waals surface area contributed by atoms with E-state index in [2.05, 4.69) is 15.2 Å². The summed E-state index contributed by atoms with van der Waals surface area (Å²) in [6, 6.07) is 15.9. The smallest absolute Gasteiger partial charge is 0.387 e. The van der Waals surface area contributed by atoms with Crippen molar-refractivity contribution in [3.63, 3.8) is 0 Å². The van der Waals surface area contributed by atoms with E-state index in [4.69, 9.17) is 0 Å². The molecule has 0 fully saturated rings. The molecule has 0 spiro atoms. The van der Waals surface area contributed by atoms with Gasteiger partial charge in [-0.3, -0.25) is 4.79 Å². The second-order valence-corrected chi connectivity index (χ2v) is 5.60. The normalized spacial score (nSPS) is 11.1. The van der Waals surface area contributed by atoms with Gasteiger partial charge in [-0.25, -0.2) is 4.68 Å². The maximum Gasteiger partial charge on any atom is 0.387 e. The van der Waals surface area contributed by atoms with Crippen LogP contribution in [0, 0.1) is 0 Å². The average Bonchev–Trinajstić information content (AvgIpc) is 3.15. The van der Waals surface area contributed by atoms with Gasteiger partial charge in [0, 0.05) is 29.9 Å². The fourth-order valence-corrected chi connectivity index (χ4v) is 2.41. The highest BCUT2D eigenvalue weighted by atomic mass is 19.3. The Morgan fingerprint density at radius 3 is 2.67 bits per heavy atom. The Hall–Kier alpha value is -3.48. The number of hydrogen-bond donors (Lipinski definition) is 1. The molecule has 0 saturated heterocycles. The van der Waals surface area contributed by atoms with Gasteiger partial charge in [0.1, 0.15) is 5.75 Å². The van der Waals surface area contributed by atoms with Crippen LogP contribution in [0.25, 0.3) is 11.8 Å². The van der Waals surface area contributed by atoms with Crippen LogP contribution in [0.1, 0.15) is 11.1 Å². The molecule has 2 aromatic carbocycles. The predicted molar refractivity (Wildman–Crippen MR) is 97.5 cm³/mol. The Kier molecular flexibility index (Phi) is 5.94. The SMILES string of the molecule is O=C(/C=C/c1ccccc1OC(F)F)NCc1cnn(-c2ccccc2)c1. The lowest BCUT2D eigenvalue weighted by atomic mass is 10.2. The zero-order valence-electron chi connectivity index (χ0n) is 14.3. The summed E-state index contributed by atoms with van der Waals surface area (Å²) in [5.41, 5.74) is 2.15. The van der Waals surface area contributed by atoms with Crippen molar-refractivity contribution in [1.82, 2.24) is 15.1 Å². The standard InChI is InChI=1S/C20H17F2N3O2/c21-20(22)27-18-9-5-4-6-16(18)10-11-19(26)23-12-15-13-24-25(14-15)17-7-2-1-3-8-17/h1-11,13-14,20H,12H2,(H,23,26)/b11-10+. The number of carbonyl (C=O) groups excluding carboxylic acids is 1. The largest absolute Gasteiger partial charge is 0.434 e. The lowest BCUT2D eigenvalue weighted by molar-refractivity contribution is -0.116. The first kappa shape index (κ1) is 18.3. The van der Waals surface area contributed by atoms with Gasteiger partial charge in [-0.15, -0.1) is 0 Å². The van der Waals surface area contributed by atoms with Gasteiger partial charge in [0.15, 0.2) is 0 Å². The van der Waals surface area contributed by atoms with Crippen molar-refractivity contribution >= 4 is 12.0 Å². The molecule has 7 heteroatoms. The van der Waals surface area contributed by atoms with Crippen molar-refractivity contribution in [1.29, 1.82) is 0 Å². The van der Waals surface area contributed by atoms with Gasteiger partial charge < -0.3 is 10.1 Å². The third-order valence-electron chi connectivity index (χ3n) is 3.67. The number of para-hydroxylation sites is 2. The highest BCUT2D eigenvalue weighted by Gasteiger charge is 2.07. The number of carbonyl (C=O) groups is 1. The zero-order chi connectivity index (χ0) is 19.1. The number of nitrogens with zero attached hydrogens (tertiary/aromatic N) is 2. The molecular weight excluding hydrogens is 352 g/mol. The molecular formula is C20H17F2N3O2. The summed E-state index contributed by atoms with van der Waals surface area (Å²) in [7, 11) is 0. The van der Waals surface area contributed by atoms with Crippen molar-refractivity contribution in [2.75, 3.05) is 0 Å². The molecule has 0 bridgehead atoms.